The second-order valence-electron chi connectivity index (χ2n) is 2.62. The van der Waals surface area contributed by atoms with Gasteiger partial charge in [-0.15, -0.1) is 10.2 Å². The lowest BCUT2D eigenvalue weighted by Gasteiger charge is -2.00. The van der Waals surface area contributed by atoms with Crippen LogP contribution >= 0.6 is 11.6 Å². The average molecular weight is 253 g/mol. The quantitative estimate of drug-likeness (QED) is 0.630. The van der Waals surface area contributed by atoms with Crippen molar-refractivity contribution in [3.05, 3.63) is 40.9 Å². The zero-order chi connectivity index (χ0) is 13.3. The number of allylic oxidation sites excluding steroid dienone is 2. The third-order valence-electron chi connectivity index (χ3n) is 1.71. The maximum absolute atomic E-state index is 5.90. The van der Waals surface area contributed by atoms with E-state index in [1.54, 1.807) is 24.3 Å². The van der Waals surface area contributed by atoms with Gasteiger partial charge in [-0.1, -0.05) is 62.9 Å². The maximum atomic E-state index is 5.90. The first-order chi connectivity index (χ1) is 8.24. The van der Waals surface area contributed by atoms with Gasteiger partial charge in [0.25, 0.3) is 0 Å². The second kappa shape index (κ2) is 8.50. The SMILES string of the molecule is C=C/C=c1/c(Cl)nnc(NN)/c1=C/C=C.CC. The lowest BCUT2D eigenvalue weighted by molar-refractivity contribution is 0.999. The molecule has 1 aromatic rings. The molecule has 0 bridgehead atoms. The molecule has 17 heavy (non-hydrogen) atoms. The molecule has 5 heteroatoms. The second-order valence-corrected chi connectivity index (χ2v) is 2.97. The monoisotopic (exact) mass is 252 g/mol. The van der Waals surface area contributed by atoms with E-state index in [0.717, 1.165) is 5.22 Å². The summed E-state index contributed by atoms with van der Waals surface area (Å²) in [5, 5.41) is 9.28. The van der Waals surface area contributed by atoms with E-state index in [0.29, 0.717) is 16.2 Å². The molecule has 4 nitrogen and oxygen atoms in total. The van der Waals surface area contributed by atoms with Crippen molar-refractivity contribution in [2.45, 2.75) is 13.8 Å². The van der Waals surface area contributed by atoms with Crippen molar-refractivity contribution in [3.8, 4) is 0 Å². The Labute approximate surface area is 106 Å². The number of nitrogens with zero attached hydrogens (tertiary/aromatic N) is 2. The summed E-state index contributed by atoms with van der Waals surface area (Å²) in [5.41, 5.74) is 2.44. The van der Waals surface area contributed by atoms with E-state index in [1.807, 2.05) is 13.8 Å². The molecule has 1 aromatic heterocycles. The summed E-state index contributed by atoms with van der Waals surface area (Å²) < 4.78 is 0. The fourth-order valence-corrected chi connectivity index (χ4v) is 1.31. The predicted molar refractivity (Wildman–Crippen MR) is 74.8 cm³/mol. The van der Waals surface area contributed by atoms with Gasteiger partial charge in [-0.2, -0.15) is 0 Å². The van der Waals surface area contributed by atoms with E-state index < -0.39 is 0 Å². The molecule has 0 amide bonds. The van der Waals surface area contributed by atoms with Crippen LogP contribution in [0.1, 0.15) is 13.8 Å². The molecule has 0 aliphatic carbocycles. The van der Waals surface area contributed by atoms with Crippen LogP contribution in [0.15, 0.2) is 25.3 Å². The van der Waals surface area contributed by atoms with E-state index in [2.05, 4.69) is 28.8 Å². The van der Waals surface area contributed by atoms with E-state index in [1.165, 1.54) is 0 Å². The number of hydrazine groups is 1. The number of anilines is 1. The third kappa shape index (κ3) is 4.01. The Kier molecular flexibility index (Phi) is 7.67. The van der Waals surface area contributed by atoms with Crippen molar-refractivity contribution in [3.63, 3.8) is 0 Å². The first-order valence-electron chi connectivity index (χ1n) is 5.19. The Morgan fingerprint density at radius 2 is 1.65 bits per heavy atom. The third-order valence-corrected chi connectivity index (χ3v) is 1.99. The number of nitrogens with two attached hydrogens (primary N) is 1. The molecule has 92 valence electrons. The Morgan fingerprint density at radius 3 is 2.12 bits per heavy atom. The summed E-state index contributed by atoms with van der Waals surface area (Å²) in [4.78, 5) is 0. The van der Waals surface area contributed by atoms with Gasteiger partial charge in [-0.25, -0.2) is 5.84 Å². The van der Waals surface area contributed by atoms with Crippen molar-refractivity contribution < 1.29 is 0 Å². The minimum Gasteiger partial charge on any atom is -0.306 e. The molecule has 3 N–H and O–H groups in total. The van der Waals surface area contributed by atoms with Crippen LogP contribution in [-0.2, 0) is 0 Å². The largest absolute Gasteiger partial charge is 0.306 e. The van der Waals surface area contributed by atoms with Crippen molar-refractivity contribution >= 4 is 29.6 Å². The van der Waals surface area contributed by atoms with Gasteiger partial charge in [0.1, 0.15) is 0 Å². The van der Waals surface area contributed by atoms with Crippen LogP contribution in [0, 0.1) is 0 Å². The molecule has 1 rings (SSSR count). The average Bonchev–Trinajstić information content (AvgIpc) is 2.37. The minimum absolute atomic E-state index is 0.294. The Morgan fingerprint density at radius 1 is 1.12 bits per heavy atom. The molecule has 0 saturated carbocycles. The molecule has 0 radical (unpaired) electrons. The lowest BCUT2D eigenvalue weighted by atomic mass is 10.2. The number of rotatable bonds is 3. The Balaban J connectivity index is 0.00000121. The molecule has 0 spiro atoms. The first kappa shape index (κ1) is 15.3. The van der Waals surface area contributed by atoms with Crippen LogP contribution in [-0.4, -0.2) is 10.2 Å². The summed E-state index contributed by atoms with van der Waals surface area (Å²) in [6.07, 6.45) is 6.70. The van der Waals surface area contributed by atoms with Gasteiger partial charge >= 0.3 is 0 Å². The fraction of sp³-hybridized carbons (Fsp3) is 0.167. The van der Waals surface area contributed by atoms with Crippen molar-refractivity contribution in [1.82, 2.24) is 10.2 Å². The number of hydrogen-bond acceptors (Lipinski definition) is 4. The summed E-state index contributed by atoms with van der Waals surface area (Å²) in [7, 11) is 0. The standard InChI is InChI=1S/C10H11ClN4.C2H6/c1-3-5-7-8(6-4-2)10(13-12)15-14-9(7)11;1-2/h3-6H,1-2,12H2,(H,13,15);1-2H3/b7-5+,8-6+;. The van der Waals surface area contributed by atoms with Crippen molar-refractivity contribution in [2.75, 3.05) is 5.43 Å². The van der Waals surface area contributed by atoms with Gasteiger partial charge in [0, 0.05) is 10.4 Å². The molecule has 0 saturated heterocycles. The topological polar surface area (TPSA) is 63.8 Å². The van der Waals surface area contributed by atoms with Gasteiger partial charge < -0.3 is 5.43 Å². The van der Waals surface area contributed by atoms with Crippen LogP contribution in [0.25, 0.3) is 12.2 Å². The van der Waals surface area contributed by atoms with Crippen LogP contribution in [0.2, 0.25) is 5.15 Å². The zero-order valence-electron chi connectivity index (χ0n) is 10.1. The van der Waals surface area contributed by atoms with Crippen molar-refractivity contribution in [1.29, 1.82) is 0 Å². The maximum Gasteiger partial charge on any atom is 0.170 e. The highest BCUT2D eigenvalue weighted by molar-refractivity contribution is 6.29. The highest BCUT2D eigenvalue weighted by Crippen LogP contribution is 1.94. The molecule has 0 aliphatic heterocycles. The predicted octanol–water partition coefficient (Wildman–Crippen LogP) is 1.37. The molecular weight excluding hydrogens is 236 g/mol. The summed E-state index contributed by atoms with van der Waals surface area (Å²) in [6.45, 7) is 11.2. The highest BCUT2D eigenvalue weighted by atomic mass is 35.5. The summed E-state index contributed by atoms with van der Waals surface area (Å²) >= 11 is 5.90. The van der Waals surface area contributed by atoms with E-state index in [-0.39, 0.29) is 0 Å². The minimum atomic E-state index is 0.294. The first-order valence-corrected chi connectivity index (χ1v) is 5.56. The van der Waals surface area contributed by atoms with Crippen LogP contribution < -0.4 is 21.7 Å². The van der Waals surface area contributed by atoms with Crippen LogP contribution in [0.5, 0.6) is 0 Å². The van der Waals surface area contributed by atoms with E-state index >= 15 is 0 Å². The van der Waals surface area contributed by atoms with Gasteiger partial charge in [-0.05, 0) is 0 Å². The van der Waals surface area contributed by atoms with Gasteiger partial charge in [0.05, 0.1) is 0 Å². The molecule has 0 aliphatic rings. The smallest absolute Gasteiger partial charge is 0.170 e. The Bertz CT molecular complexity index is 494. The fourth-order valence-electron chi connectivity index (χ4n) is 1.11. The van der Waals surface area contributed by atoms with Gasteiger partial charge in [-0.3, -0.25) is 0 Å². The number of nitrogens with one attached hydrogen (secondary N) is 1. The lowest BCUT2D eigenvalue weighted by Crippen LogP contribution is -2.33. The van der Waals surface area contributed by atoms with Gasteiger partial charge in [0.15, 0.2) is 11.0 Å². The normalized spacial score (nSPS) is 11.5. The number of halogens is 1. The molecule has 0 aromatic carbocycles. The number of hydrogen-bond donors (Lipinski definition) is 2. The number of aromatic nitrogens is 2. The van der Waals surface area contributed by atoms with Crippen LogP contribution in [0.4, 0.5) is 5.82 Å². The molecule has 0 atom stereocenters. The highest BCUT2D eigenvalue weighted by Gasteiger charge is 2.01. The summed E-state index contributed by atoms with van der Waals surface area (Å²) in [5.74, 6) is 5.74. The molecule has 1 heterocycles. The van der Waals surface area contributed by atoms with Gasteiger partial charge in [0.2, 0.25) is 0 Å². The van der Waals surface area contributed by atoms with Crippen molar-refractivity contribution in [2.24, 2.45) is 5.84 Å². The molecule has 0 unspecified atom stereocenters. The summed E-state index contributed by atoms with van der Waals surface area (Å²) in [6, 6.07) is 0. The van der Waals surface area contributed by atoms with Crippen LogP contribution in [0.3, 0.4) is 0 Å². The molecule has 0 fully saturated rings. The van der Waals surface area contributed by atoms with E-state index in [9.17, 15) is 0 Å². The number of nitrogen functional groups attached to an aromatic ring is 1. The Hall–Kier alpha value is -1.65. The zero-order valence-corrected chi connectivity index (χ0v) is 10.8. The van der Waals surface area contributed by atoms with E-state index in [4.69, 9.17) is 17.4 Å². The molecular formula is C12H17ClN4.